The van der Waals surface area contributed by atoms with E-state index in [4.69, 9.17) is 5.11 Å². The van der Waals surface area contributed by atoms with Gasteiger partial charge in [-0.1, -0.05) is 12.1 Å². The summed E-state index contributed by atoms with van der Waals surface area (Å²) in [6.07, 6.45) is 1.20. The van der Waals surface area contributed by atoms with Gasteiger partial charge in [0.25, 0.3) is 0 Å². The van der Waals surface area contributed by atoms with E-state index in [0.29, 0.717) is 6.54 Å². The fourth-order valence-electron chi connectivity index (χ4n) is 1.66. The van der Waals surface area contributed by atoms with Crippen LogP contribution in [0.5, 0.6) is 0 Å². The first-order valence-corrected chi connectivity index (χ1v) is 4.97. The first-order valence-electron chi connectivity index (χ1n) is 4.97. The standard InChI is InChI=1S/C12H14NO2/c14-9-11(15)8-13-7-3-5-10-4-1-2-6-12(10)13/h1-7,11,14-15H,8-9H2/q+1. The van der Waals surface area contributed by atoms with Crippen LogP contribution in [0.2, 0.25) is 0 Å². The molecule has 0 fully saturated rings. The van der Waals surface area contributed by atoms with Crippen LogP contribution in [-0.2, 0) is 6.54 Å². The molecule has 1 aromatic carbocycles. The van der Waals surface area contributed by atoms with Crippen LogP contribution in [0.25, 0.3) is 10.9 Å². The second-order valence-corrected chi connectivity index (χ2v) is 3.56. The van der Waals surface area contributed by atoms with Gasteiger partial charge < -0.3 is 10.2 Å². The van der Waals surface area contributed by atoms with E-state index in [2.05, 4.69) is 0 Å². The lowest BCUT2D eigenvalue weighted by atomic mass is 10.2. The summed E-state index contributed by atoms with van der Waals surface area (Å²) in [7, 11) is 0. The van der Waals surface area contributed by atoms with E-state index in [1.54, 1.807) is 0 Å². The Hall–Kier alpha value is -1.45. The molecule has 0 radical (unpaired) electrons. The van der Waals surface area contributed by atoms with Crippen molar-refractivity contribution in [3.63, 3.8) is 0 Å². The summed E-state index contributed by atoms with van der Waals surface area (Å²) in [5.74, 6) is 0. The monoisotopic (exact) mass is 204 g/mol. The van der Waals surface area contributed by atoms with Crippen molar-refractivity contribution in [3.8, 4) is 0 Å². The van der Waals surface area contributed by atoms with Gasteiger partial charge in [-0.25, -0.2) is 0 Å². The molecule has 0 bridgehead atoms. The largest absolute Gasteiger partial charge is 0.393 e. The third-order valence-corrected chi connectivity index (χ3v) is 2.41. The fourth-order valence-corrected chi connectivity index (χ4v) is 1.66. The fraction of sp³-hybridized carbons (Fsp3) is 0.250. The van der Waals surface area contributed by atoms with Crippen LogP contribution in [0.15, 0.2) is 42.6 Å². The van der Waals surface area contributed by atoms with Gasteiger partial charge in [-0.05, 0) is 12.1 Å². The Kier molecular flexibility index (Phi) is 2.94. The lowest BCUT2D eigenvalue weighted by molar-refractivity contribution is -0.678. The zero-order valence-electron chi connectivity index (χ0n) is 8.37. The van der Waals surface area contributed by atoms with Crippen molar-refractivity contribution in [2.45, 2.75) is 12.6 Å². The zero-order valence-corrected chi connectivity index (χ0v) is 8.37. The third kappa shape index (κ3) is 2.14. The Bertz CT molecular complexity index is 451. The van der Waals surface area contributed by atoms with E-state index >= 15 is 0 Å². The lowest BCUT2D eigenvalue weighted by Crippen LogP contribution is -2.41. The maximum atomic E-state index is 9.40. The van der Waals surface area contributed by atoms with Gasteiger partial charge in [-0.2, -0.15) is 4.57 Å². The van der Waals surface area contributed by atoms with Crippen molar-refractivity contribution >= 4 is 10.9 Å². The number of para-hydroxylation sites is 1. The summed E-state index contributed by atoms with van der Waals surface area (Å²) in [5, 5.41) is 19.3. The minimum absolute atomic E-state index is 0.212. The predicted molar refractivity (Wildman–Crippen MR) is 57.2 cm³/mol. The predicted octanol–water partition coefficient (Wildman–Crippen LogP) is 0.480. The molecule has 0 aliphatic carbocycles. The van der Waals surface area contributed by atoms with Gasteiger partial charge in [0.1, 0.15) is 6.10 Å². The van der Waals surface area contributed by atoms with Crippen molar-refractivity contribution < 1.29 is 14.8 Å². The number of fused-ring (bicyclic) bond motifs is 1. The summed E-state index contributed by atoms with van der Waals surface area (Å²) in [6.45, 7) is 0.202. The van der Waals surface area contributed by atoms with E-state index < -0.39 is 6.10 Å². The number of aromatic nitrogens is 1. The van der Waals surface area contributed by atoms with Crippen LogP contribution in [-0.4, -0.2) is 22.9 Å². The number of hydrogen-bond acceptors (Lipinski definition) is 2. The van der Waals surface area contributed by atoms with Crippen molar-refractivity contribution in [3.05, 3.63) is 42.6 Å². The molecule has 2 rings (SSSR count). The van der Waals surface area contributed by atoms with Crippen molar-refractivity contribution in [2.75, 3.05) is 6.61 Å². The van der Waals surface area contributed by atoms with Gasteiger partial charge in [0.15, 0.2) is 12.7 Å². The molecule has 0 saturated heterocycles. The average Bonchev–Trinajstić information content (AvgIpc) is 2.29. The molecule has 0 aliphatic rings. The quantitative estimate of drug-likeness (QED) is 0.714. The molecule has 2 aromatic rings. The van der Waals surface area contributed by atoms with Gasteiger partial charge in [-0.15, -0.1) is 0 Å². The highest BCUT2D eigenvalue weighted by atomic mass is 16.3. The van der Waals surface area contributed by atoms with Crippen molar-refractivity contribution in [1.29, 1.82) is 0 Å². The Balaban J connectivity index is 2.42. The molecule has 0 spiro atoms. The maximum Gasteiger partial charge on any atom is 0.212 e. The second-order valence-electron chi connectivity index (χ2n) is 3.56. The summed E-state index contributed by atoms with van der Waals surface area (Å²) in [4.78, 5) is 0. The van der Waals surface area contributed by atoms with Crippen LogP contribution >= 0.6 is 0 Å². The zero-order chi connectivity index (χ0) is 10.7. The number of aliphatic hydroxyl groups excluding tert-OH is 2. The Morgan fingerprint density at radius 1 is 1.13 bits per heavy atom. The summed E-state index contributed by atoms with van der Waals surface area (Å²) >= 11 is 0. The smallest absolute Gasteiger partial charge is 0.212 e. The van der Waals surface area contributed by atoms with Crippen LogP contribution < -0.4 is 4.57 Å². The molecule has 0 saturated carbocycles. The van der Waals surface area contributed by atoms with E-state index in [-0.39, 0.29) is 6.61 Å². The molecule has 2 N–H and O–H groups in total. The molecule has 1 unspecified atom stereocenters. The summed E-state index contributed by atoms with van der Waals surface area (Å²) < 4.78 is 1.94. The van der Waals surface area contributed by atoms with Crippen LogP contribution in [0.1, 0.15) is 0 Å². The molecule has 0 aliphatic heterocycles. The van der Waals surface area contributed by atoms with Gasteiger partial charge in [0.2, 0.25) is 5.52 Å². The SMILES string of the molecule is OCC(O)C[n+]1cccc2ccccc21. The molecular weight excluding hydrogens is 190 g/mol. The number of rotatable bonds is 3. The molecule has 1 atom stereocenters. The molecule has 3 nitrogen and oxygen atoms in total. The molecule has 15 heavy (non-hydrogen) atoms. The van der Waals surface area contributed by atoms with Gasteiger partial charge in [-0.3, -0.25) is 0 Å². The van der Waals surface area contributed by atoms with Crippen LogP contribution in [0.3, 0.4) is 0 Å². The summed E-state index contributed by atoms with van der Waals surface area (Å²) in [6, 6.07) is 11.9. The number of pyridine rings is 1. The lowest BCUT2D eigenvalue weighted by Gasteiger charge is -2.04. The highest BCUT2D eigenvalue weighted by Gasteiger charge is 2.12. The van der Waals surface area contributed by atoms with Crippen LogP contribution in [0.4, 0.5) is 0 Å². The third-order valence-electron chi connectivity index (χ3n) is 2.41. The maximum absolute atomic E-state index is 9.40. The highest BCUT2D eigenvalue weighted by molar-refractivity contribution is 5.74. The number of hydrogen-bond donors (Lipinski definition) is 2. The Labute approximate surface area is 88.2 Å². The first-order chi connectivity index (χ1) is 7.31. The molecule has 0 amide bonds. The minimum atomic E-state index is -0.708. The average molecular weight is 204 g/mol. The van der Waals surface area contributed by atoms with E-state index in [1.165, 1.54) is 0 Å². The van der Waals surface area contributed by atoms with Crippen molar-refractivity contribution in [1.82, 2.24) is 0 Å². The molecule has 3 heteroatoms. The summed E-state index contributed by atoms with van der Waals surface area (Å²) in [5.41, 5.74) is 1.06. The Morgan fingerprint density at radius 3 is 2.67 bits per heavy atom. The van der Waals surface area contributed by atoms with E-state index in [9.17, 15) is 5.11 Å². The minimum Gasteiger partial charge on any atom is -0.393 e. The molecule has 1 aromatic heterocycles. The number of aliphatic hydroxyl groups is 2. The van der Waals surface area contributed by atoms with Gasteiger partial charge in [0.05, 0.1) is 6.61 Å². The van der Waals surface area contributed by atoms with Crippen molar-refractivity contribution in [2.24, 2.45) is 0 Å². The first kappa shape index (κ1) is 10.1. The van der Waals surface area contributed by atoms with E-state index in [1.807, 2.05) is 47.2 Å². The van der Waals surface area contributed by atoms with Gasteiger partial charge in [0, 0.05) is 17.5 Å². The highest BCUT2D eigenvalue weighted by Crippen LogP contribution is 2.07. The van der Waals surface area contributed by atoms with Gasteiger partial charge >= 0.3 is 0 Å². The van der Waals surface area contributed by atoms with Crippen LogP contribution in [0, 0.1) is 0 Å². The molecule has 78 valence electrons. The van der Waals surface area contributed by atoms with E-state index in [0.717, 1.165) is 10.9 Å². The molecular formula is C12H14NO2+. The normalized spacial score (nSPS) is 12.9. The number of nitrogens with zero attached hydrogens (tertiary/aromatic N) is 1. The topological polar surface area (TPSA) is 44.3 Å². The Morgan fingerprint density at radius 2 is 1.87 bits per heavy atom. The number of benzene rings is 1. The second kappa shape index (κ2) is 4.38. The molecule has 1 heterocycles.